The molecule has 7 heteroatoms. The van der Waals surface area contributed by atoms with Gasteiger partial charge in [-0.25, -0.2) is 4.98 Å². The Kier molecular flexibility index (Phi) is 5.67. The summed E-state index contributed by atoms with van der Waals surface area (Å²) >= 11 is 0. The summed E-state index contributed by atoms with van der Waals surface area (Å²) in [4.78, 5) is 31.2. The van der Waals surface area contributed by atoms with Crippen LogP contribution >= 0.6 is 0 Å². The highest BCUT2D eigenvalue weighted by molar-refractivity contribution is 5.94. The zero-order valence-electron chi connectivity index (χ0n) is 17.6. The lowest BCUT2D eigenvalue weighted by atomic mass is 10.1. The lowest BCUT2D eigenvalue weighted by Gasteiger charge is -2.36. The first-order valence-electron chi connectivity index (χ1n) is 10.4. The molecule has 2 saturated heterocycles. The van der Waals surface area contributed by atoms with Crippen molar-refractivity contribution in [2.75, 3.05) is 69.2 Å². The minimum atomic E-state index is 0.108. The first-order valence-corrected chi connectivity index (χ1v) is 10.4. The van der Waals surface area contributed by atoms with Gasteiger partial charge in [0.25, 0.3) is 5.91 Å². The Labute approximate surface area is 172 Å². The summed E-state index contributed by atoms with van der Waals surface area (Å²) in [6.07, 6.45) is 0. The van der Waals surface area contributed by atoms with Crippen molar-refractivity contribution in [3.05, 3.63) is 47.2 Å². The predicted molar refractivity (Wildman–Crippen MR) is 116 cm³/mol. The van der Waals surface area contributed by atoms with E-state index in [9.17, 15) is 4.79 Å². The largest absolute Gasteiger partial charge is 0.354 e. The zero-order chi connectivity index (χ0) is 20.4. The average molecular weight is 395 g/mol. The molecule has 1 aromatic heterocycles. The third kappa shape index (κ3) is 4.50. The number of likely N-dealkylation sites (N-methyl/N-ethyl adjacent to an activating group) is 1. The van der Waals surface area contributed by atoms with E-state index in [2.05, 4.69) is 32.8 Å². The molecule has 4 rings (SSSR count). The molecule has 2 aliphatic heterocycles. The molecule has 154 valence electrons. The van der Waals surface area contributed by atoms with Crippen LogP contribution in [0.2, 0.25) is 0 Å². The number of aromatic nitrogens is 2. The molecule has 0 bridgehead atoms. The third-order valence-corrected chi connectivity index (χ3v) is 5.77. The van der Waals surface area contributed by atoms with Crippen LogP contribution in [0.3, 0.4) is 0 Å². The molecule has 2 aliphatic rings. The van der Waals surface area contributed by atoms with Crippen LogP contribution in [-0.2, 0) is 0 Å². The molecular weight excluding hydrogens is 364 g/mol. The van der Waals surface area contributed by atoms with Gasteiger partial charge in [0, 0.05) is 69.7 Å². The number of rotatable bonds is 3. The highest BCUT2D eigenvalue weighted by Crippen LogP contribution is 2.20. The molecule has 0 N–H and O–H groups in total. The Morgan fingerprint density at radius 3 is 2.24 bits per heavy atom. The number of carbonyl (C=O) groups excluding carboxylic acids is 1. The maximum absolute atomic E-state index is 12.8. The van der Waals surface area contributed by atoms with E-state index in [0.717, 1.165) is 67.9 Å². The highest BCUT2D eigenvalue weighted by Gasteiger charge is 2.25. The molecule has 2 fully saturated rings. The Morgan fingerprint density at radius 1 is 0.862 bits per heavy atom. The molecule has 0 unspecified atom stereocenters. The molecular formula is C22H30N6O. The first kappa shape index (κ1) is 19.6. The molecule has 0 saturated carbocycles. The van der Waals surface area contributed by atoms with Crippen LogP contribution in [0, 0.1) is 13.8 Å². The molecule has 3 heterocycles. The standard InChI is InChI=1S/C22H30N6O/c1-17-5-4-6-19(15-17)21(29)27-11-13-28(14-12-27)22-23-18(2)16-20(24-22)26-9-7-25(3)8-10-26/h4-6,15-16H,7-14H2,1-3H3. The number of benzene rings is 1. The van der Waals surface area contributed by atoms with Crippen LogP contribution in [0.4, 0.5) is 11.8 Å². The summed E-state index contributed by atoms with van der Waals surface area (Å²) in [5.74, 6) is 1.90. The van der Waals surface area contributed by atoms with Gasteiger partial charge in [-0.15, -0.1) is 0 Å². The summed E-state index contributed by atoms with van der Waals surface area (Å²) in [5, 5.41) is 0. The van der Waals surface area contributed by atoms with Crippen molar-refractivity contribution in [3.8, 4) is 0 Å². The Hall–Kier alpha value is -2.67. The van der Waals surface area contributed by atoms with Gasteiger partial charge >= 0.3 is 0 Å². The van der Waals surface area contributed by atoms with Gasteiger partial charge in [0.1, 0.15) is 5.82 Å². The smallest absolute Gasteiger partial charge is 0.253 e. The predicted octanol–water partition coefficient (Wildman–Crippen LogP) is 1.81. The lowest BCUT2D eigenvalue weighted by molar-refractivity contribution is 0.0746. The molecule has 0 atom stereocenters. The minimum absolute atomic E-state index is 0.108. The second kappa shape index (κ2) is 8.37. The third-order valence-electron chi connectivity index (χ3n) is 5.77. The Balaban J connectivity index is 1.42. The van der Waals surface area contributed by atoms with Crippen LogP contribution in [-0.4, -0.2) is 85.1 Å². The van der Waals surface area contributed by atoms with Crippen LogP contribution < -0.4 is 9.80 Å². The number of hydrogen-bond donors (Lipinski definition) is 0. The maximum Gasteiger partial charge on any atom is 0.253 e. The lowest BCUT2D eigenvalue weighted by Crippen LogP contribution is -2.49. The van der Waals surface area contributed by atoms with Crippen molar-refractivity contribution < 1.29 is 4.79 Å². The van der Waals surface area contributed by atoms with Crippen molar-refractivity contribution in [2.45, 2.75) is 13.8 Å². The SMILES string of the molecule is Cc1cccc(C(=O)N2CCN(c3nc(C)cc(N4CCN(C)CC4)n3)CC2)c1. The highest BCUT2D eigenvalue weighted by atomic mass is 16.2. The van der Waals surface area contributed by atoms with Crippen molar-refractivity contribution in [2.24, 2.45) is 0 Å². The van der Waals surface area contributed by atoms with Crippen LogP contribution in [0.25, 0.3) is 0 Å². The summed E-state index contributed by atoms with van der Waals surface area (Å²) < 4.78 is 0. The maximum atomic E-state index is 12.8. The van der Waals surface area contributed by atoms with E-state index in [1.807, 2.05) is 43.0 Å². The monoisotopic (exact) mass is 394 g/mol. The summed E-state index contributed by atoms with van der Waals surface area (Å²) in [5.41, 5.74) is 2.86. The van der Waals surface area contributed by atoms with Gasteiger partial charge in [-0.2, -0.15) is 4.98 Å². The van der Waals surface area contributed by atoms with Gasteiger partial charge in [0.15, 0.2) is 0 Å². The molecule has 7 nitrogen and oxygen atoms in total. The van der Waals surface area contributed by atoms with Gasteiger partial charge in [0.2, 0.25) is 5.95 Å². The van der Waals surface area contributed by atoms with E-state index in [0.29, 0.717) is 13.1 Å². The Morgan fingerprint density at radius 2 is 1.55 bits per heavy atom. The second-order valence-corrected chi connectivity index (χ2v) is 8.11. The fourth-order valence-corrected chi connectivity index (χ4v) is 3.95. The van der Waals surface area contributed by atoms with E-state index in [4.69, 9.17) is 4.98 Å². The molecule has 29 heavy (non-hydrogen) atoms. The molecule has 0 radical (unpaired) electrons. The summed E-state index contributed by atoms with van der Waals surface area (Å²) in [6, 6.07) is 9.89. The Bertz CT molecular complexity index is 869. The van der Waals surface area contributed by atoms with E-state index >= 15 is 0 Å². The summed E-state index contributed by atoms with van der Waals surface area (Å²) in [6.45, 7) is 11.0. The topological polar surface area (TPSA) is 55.8 Å². The number of nitrogens with zero attached hydrogens (tertiary/aromatic N) is 6. The average Bonchev–Trinajstić information content (AvgIpc) is 2.73. The molecule has 1 aromatic carbocycles. The van der Waals surface area contributed by atoms with Gasteiger partial charge in [-0.1, -0.05) is 17.7 Å². The number of hydrogen-bond acceptors (Lipinski definition) is 6. The van der Waals surface area contributed by atoms with Crippen LogP contribution in [0.5, 0.6) is 0 Å². The van der Waals surface area contributed by atoms with E-state index in [1.165, 1.54) is 0 Å². The van der Waals surface area contributed by atoms with Gasteiger partial charge in [-0.3, -0.25) is 4.79 Å². The fraction of sp³-hybridized carbons (Fsp3) is 0.500. The number of piperazine rings is 2. The number of aryl methyl sites for hydroxylation is 2. The zero-order valence-corrected chi connectivity index (χ0v) is 17.6. The van der Waals surface area contributed by atoms with Crippen molar-refractivity contribution in [3.63, 3.8) is 0 Å². The number of amides is 1. The van der Waals surface area contributed by atoms with E-state index in [1.54, 1.807) is 0 Å². The van der Waals surface area contributed by atoms with Crippen LogP contribution in [0.1, 0.15) is 21.6 Å². The van der Waals surface area contributed by atoms with Crippen LogP contribution in [0.15, 0.2) is 30.3 Å². The van der Waals surface area contributed by atoms with Crippen molar-refractivity contribution in [1.82, 2.24) is 19.8 Å². The number of carbonyl (C=O) groups is 1. The second-order valence-electron chi connectivity index (χ2n) is 8.11. The van der Waals surface area contributed by atoms with Gasteiger partial charge < -0.3 is 19.6 Å². The van der Waals surface area contributed by atoms with Crippen molar-refractivity contribution >= 4 is 17.7 Å². The normalized spacial score (nSPS) is 18.2. The van der Waals surface area contributed by atoms with Crippen molar-refractivity contribution in [1.29, 1.82) is 0 Å². The quantitative estimate of drug-likeness (QED) is 0.791. The molecule has 0 spiro atoms. The molecule has 1 amide bonds. The van der Waals surface area contributed by atoms with E-state index < -0.39 is 0 Å². The van der Waals surface area contributed by atoms with E-state index in [-0.39, 0.29) is 5.91 Å². The molecule has 0 aliphatic carbocycles. The number of anilines is 2. The van der Waals surface area contributed by atoms with Gasteiger partial charge in [-0.05, 0) is 33.0 Å². The molecule has 2 aromatic rings. The minimum Gasteiger partial charge on any atom is -0.354 e. The first-order chi connectivity index (χ1) is 14.0. The summed E-state index contributed by atoms with van der Waals surface area (Å²) in [7, 11) is 2.16. The fourth-order valence-electron chi connectivity index (χ4n) is 3.95. The van der Waals surface area contributed by atoms with Gasteiger partial charge in [0.05, 0.1) is 0 Å².